The van der Waals surface area contributed by atoms with Crippen molar-refractivity contribution >= 4 is 17.2 Å². The molecule has 5 N–H and O–H groups in total. The lowest BCUT2D eigenvalue weighted by molar-refractivity contribution is 0.232. The smallest absolute Gasteiger partial charge is 0.182 e. The van der Waals surface area contributed by atoms with Gasteiger partial charge in [-0.2, -0.15) is 0 Å². The van der Waals surface area contributed by atoms with Gasteiger partial charge in [-0.25, -0.2) is 4.98 Å². The molecule has 7 heteroatoms. The SMILES string of the molecule is C=C(O)/C=C(\CCC)c1cnc(N)c(C/C=C\C(=N/F)NO)c1. The van der Waals surface area contributed by atoms with Gasteiger partial charge in [0.1, 0.15) is 11.6 Å². The number of rotatable bonds is 7. The van der Waals surface area contributed by atoms with Gasteiger partial charge in [0.2, 0.25) is 0 Å². The average Bonchev–Trinajstić information content (AvgIpc) is 2.52. The van der Waals surface area contributed by atoms with Gasteiger partial charge >= 0.3 is 0 Å². The molecule has 0 saturated heterocycles. The summed E-state index contributed by atoms with van der Waals surface area (Å²) < 4.78 is 12.1. The van der Waals surface area contributed by atoms with Gasteiger partial charge in [-0.05, 0) is 47.8 Å². The Labute approximate surface area is 134 Å². The quantitative estimate of drug-likeness (QED) is 0.203. The minimum Gasteiger partial charge on any atom is -0.509 e. The van der Waals surface area contributed by atoms with Gasteiger partial charge in [0, 0.05) is 6.20 Å². The number of aliphatic hydroxyl groups is 1. The van der Waals surface area contributed by atoms with Crippen LogP contribution in [0, 0.1) is 0 Å². The van der Waals surface area contributed by atoms with Gasteiger partial charge in [-0.1, -0.05) is 35.7 Å². The van der Waals surface area contributed by atoms with Crippen molar-refractivity contribution < 1.29 is 14.8 Å². The summed E-state index contributed by atoms with van der Waals surface area (Å²) in [5.41, 5.74) is 9.93. The summed E-state index contributed by atoms with van der Waals surface area (Å²) in [5.74, 6) is 0.0214. The van der Waals surface area contributed by atoms with E-state index in [0.29, 0.717) is 12.2 Å². The topological polar surface area (TPSA) is 104 Å². The third kappa shape index (κ3) is 5.91. The molecule has 0 saturated carbocycles. The molecule has 0 aromatic carbocycles. The summed E-state index contributed by atoms with van der Waals surface area (Å²) in [5, 5.41) is 20.3. The standard InChI is InChI=1S/C16H21FN4O2/c1-3-5-12(8-11(2)22)14-9-13(16(18)19-10-14)6-4-7-15(20-17)21-23/h4,7-10,22-23H,2-3,5-6H2,1H3,(H2,18,19)(H,20,21)/b7-4-,12-8+. The van der Waals surface area contributed by atoms with E-state index in [4.69, 9.17) is 10.9 Å². The van der Waals surface area contributed by atoms with Gasteiger partial charge in [0.25, 0.3) is 0 Å². The molecule has 1 heterocycles. The summed E-state index contributed by atoms with van der Waals surface area (Å²) in [6.07, 6.45) is 8.14. The van der Waals surface area contributed by atoms with Crippen LogP contribution < -0.4 is 11.2 Å². The van der Waals surface area contributed by atoms with Crippen LogP contribution in [-0.4, -0.2) is 21.1 Å². The maximum absolute atomic E-state index is 12.1. The van der Waals surface area contributed by atoms with E-state index in [-0.39, 0.29) is 11.6 Å². The number of anilines is 1. The van der Waals surface area contributed by atoms with Crippen LogP contribution in [0.15, 0.2) is 48.0 Å². The van der Waals surface area contributed by atoms with E-state index in [1.165, 1.54) is 6.08 Å². The first kappa shape index (κ1) is 18.4. The van der Waals surface area contributed by atoms with E-state index in [1.807, 2.05) is 13.0 Å². The Bertz CT molecular complexity index is 639. The van der Waals surface area contributed by atoms with Crippen molar-refractivity contribution in [1.29, 1.82) is 0 Å². The number of aliphatic hydroxyl groups excluding tert-OH is 1. The Kier molecular flexibility index (Phi) is 7.49. The lowest BCUT2D eigenvalue weighted by Crippen LogP contribution is -2.15. The summed E-state index contributed by atoms with van der Waals surface area (Å²) in [6.45, 7) is 5.50. The number of nitrogens with zero attached hydrogens (tertiary/aromatic N) is 2. The highest BCUT2D eigenvalue weighted by molar-refractivity contribution is 5.91. The molecule has 6 nitrogen and oxygen atoms in total. The molecule has 0 radical (unpaired) electrons. The van der Waals surface area contributed by atoms with Crippen LogP contribution >= 0.6 is 0 Å². The first-order valence-corrected chi connectivity index (χ1v) is 7.10. The zero-order valence-electron chi connectivity index (χ0n) is 13.0. The number of nitrogens with two attached hydrogens (primary N) is 1. The summed E-state index contributed by atoms with van der Waals surface area (Å²) in [4.78, 5) is 4.15. The molecule has 0 aliphatic carbocycles. The van der Waals surface area contributed by atoms with Crippen molar-refractivity contribution in [3.05, 3.63) is 54.0 Å². The number of amidine groups is 1. The minimum absolute atomic E-state index is 0.0236. The largest absolute Gasteiger partial charge is 0.509 e. The number of hydroxylamine groups is 1. The number of hydrogen-bond donors (Lipinski definition) is 4. The van der Waals surface area contributed by atoms with Gasteiger partial charge in [-0.15, -0.1) is 0 Å². The zero-order valence-corrected chi connectivity index (χ0v) is 13.0. The van der Waals surface area contributed by atoms with Crippen molar-refractivity contribution in [2.45, 2.75) is 26.2 Å². The lowest BCUT2D eigenvalue weighted by atomic mass is 9.99. The minimum atomic E-state index is -0.309. The van der Waals surface area contributed by atoms with Gasteiger partial charge in [0.15, 0.2) is 5.84 Å². The highest BCUT2D eigenvalue weighted by Crippen LogP contribution is 2.23. The molecule has 0 aliphatic rings. The molecule has 124 valence electrons. The fraction of sp³-hybridized carbons (Fsp3) is 0.250. The van der Waals surface area contributed by atoms with E-state index in [9.17, 15) is 9.59 Å². The van der Waals surface area contributed by atoms with Crippen LogP contribution in [0.1, 0.15) is 30.9 Å². The summed E-state index contributed by atoms with van der Waals surface area (Å²) in [7, 11) is 0. The molecular formula is C16H21FN4O2. The van der Waals surface area contributed by atoms with Crippen LogP contribution in [0.3, 0.4) is 0 Å². The Morgan fingerprint density at radius 1 is 1.57 bits per heavy atom. The Hall–Kier alpha value is -2.67. The monoisotopic (exact) mass is 320 g/mol. The number of nitrogens with one attached hydrogen (secondary N) is 1. The second-order valence-corrected chi connectivity index (χ2v) is 4.87. The van der Waals surface area contributed by atoms with Crippen molar-refractivity contribution in [1.82, 2.24) is 10.5 Å². The van der Waals surface area contributed by atoms with E-state index in [0.717, 1.165) is 29.5 Å². The van der Waals surface area contributed by atoms with Gasteiger partial charge < -0.3 is 10.8 Å². The molecule has 1 aromatic rings. The second-order valence-electron chi connectivity index (χ2n) is 4.87. The Morgan fingerprint density at radius 2 is 2.30 bits per heavy atom. The number of nitrogen functional groups attached to an aromatic ring is 1. The first-order chi connectivity index (χ1) is 11.0. The van der Waals surface area contributed by atoms with Crippen LogP contribution in [0.25, 0.3) is 5.57 Å². The third-order valence-electron chi connectivity index (χ3n) is 3.05. The fourth-order valence-electron chi connectivity index (χ4n) is 2.01. The highest BCUT2D eigenvalue weighted by atomic mass is 19.2. The third-order valence-corrected chi connectivity index (χ3v) is 3.05. The number of pyridine rings is 1. The predicted octanol–water partition coefficient (Wildman–Crippen LogP) is 3.28. The van der Waals surface area contributed by atoms with Crippen LogP contribution in [0.2, 0.25) is 0 Å². The molecule has 0 atom stereocenters. The van der Waals surface area contributed by atoms with Crippen molar-refractivity contribution in [2.75, 3.05) is 5.73 Å². The van der Waals surface area contributed by atoms with Crippen molar-refractivity contribution in [3.63, 3.8) is 0 Å². The summed E-state index contributed by atoms with van der Waals surface area (Å²) >= 11 is 0. The lowest BCUT2D eigenvalue weighted by Gasteiger charge is -2.10. The van der Waals surface area contributed by atoms with E-state index in [1.54, 1.807) is 23.8 Å². The maximum atomic E-state index is 12.1. The molecule has 0 unspecified atom stereocenters. The van der Waals surface area contributed by atoms with Crippen molar-refractivity contribution in [2.24, 2.45) is 5.21 Å². The zero-order chi connectivity index (χ0) is 17.2. The molecule has 0 amide bonds. The molecule has 0 bridgehead atoms. The normalized spacial score (nSPS) is 12.7. The van der Waals surface area contributed by atoms with Crippen LogP contribution in [0.5, 0.6) is 0 Å². The van der Waals surface area contributed by atoms with Crippen LogP contribution in [0.4, 0.5) is 10.3 Å². The van der Waals surface area contributed by atoms with Gasteiger partial charge in [-0.3, -0.25) is 10.7 Å². The van der Waals surface area contributed by atoms with Crippen molar-refractivity contribution in [3.8, 4) is 0 Å². The molecule has 0 aliphatic heterocycles. The van der Waals surface area contributed by atoms with Gasteiger partial charge in [0.05, 0.1) is 0 Å². The van der Waals surface area contributed by atoms with E-state index >= 15 is 0 Å². The average molecular weight is 320 g/mol. The molecule has 1 rings (SSSR count). The maximum Gasteiger partial charge on any atom is 0.182 e. The number of halogens is 1. The van der Waals surface area contributed by atoms with Crippen LogP contribution in [-0.2, 0) is 6.42 Å². The van der Waals surface area contributed by atoms with E-state index in [2.05, 4.69) is 16.8 Å². The number of aromatic nitrogens is 1. The van der Waals surface area contributed by atoms with E-state index < -0.39 is 0 Å². The second kappa shape index (κ2) is 9.37. The number of allylic oxidation sites excluding steroid dienone is 3. The molecule has 0 spiro atoms. The Morgan fingerprint density at radius 3 is 2.87 bits per heavy atom. The fourth-order valence-corrected chi connectivity index (χ4v) is 2.01. The molecule has 1 aromatic heterocycles. The predicted molar refractivity (Wildman–Crippen MR) is 89.6 cm³/mol. The Balaban J connectivity index is 3.05. The molecular weight excluding hydrogens is 299 g/mol. The number of hydrogen-bond acceptors (Lipinski definition) is 5. The first-order valence-electron chi connectivity index (χ1n) is 7.10. The summed E-state index contributed by atoms with van der Waals surface area (Å²) in [6, 6.07) is 1.86. The molecule has 23 heavy (non-hydrogen) atoms. The highest BCUT2D eigenvalue weighted by Gasteiger charge is 2.06. The molecule has 0 fully saturated rings.